The molecule has 678 valence electrons. The smallest absolute Gasteiger partial charge is 0.334 e. The molecule has 0 aromatic heterocycles. The third-order valence-electron chi connectivity index (χ3n) is 22.8. The van der Waals surface area contributed by atoms with Gasteiger partial charge in [0.05, 0.1) is 97.0 Å². The molecule has 21 atom stereocenters. The summed E-state index contributed by atoms with van der Waals surface area (Å²) in [6.45, 7) is 11.9. The molecule has 0 N–H and O–H groups in total. The fraction of sp³-hybridized carbons (Fsp3) is 0.416. The highest BCUT2D eigenvalue weighted by atomic mass is 28.3. The molecule has 9 aromatic carbocycles. The number of imide groups is 1. The average Bonchev–Trinajstić information content (AvgIpc) is 1.53. The summed E-state index contributed by atoms with van der Waals surface area (Å²) >= 11 is 0. The number of nitrogens with zero attached hydrogens (tertiary/aromatic N) is 1. The van der Waals surface area contributed by atoms with E-state index in [0.717, 1.165) is 43.8 Å². The highest BCUT2D eigenvalue weighted by molar-refractivity contribution is 6.76. The first kappa shape index (κ1) is 94.2. The number of benzene rings is 9. The fourth-order valence-corrected chi connectivity index (χ4v) is 17.1. The Labute approximate surface area is 748 Å². The Morgan fingerprint density at radius 2 is 0.664 bits per heavy atom. The molecule has 0 radical (unpaired) electrons. The number of fused-ring (bicyclic) bond motifs is 1. The SMILES string of the molecule is COC(=O)[C@@H](C)O[C@@H]1[C@@H](OCc2ccccc2)[C@H](C)O[C@@H](O[C@@H]2[C@H](OC(C)=O)[C@@H](O[C@H]3[C@H](OCc4ccccc4)[C@H](OC(C)=O)[C@@H](O[C@H]4[C@H](OCc5ccccc5)[C@@H](COCc5ccccc5)O[C@@H](OCC[Si](C)(C)C)[C@@H]4N4C(=O)c5ccccc5C4=O)O[C@@H]3COCc3ccccc3)O[C@H](COCc3ccccc3)[C@H]2OCc2ccccc2)[C@@H]1OCc1ccccc1. The minimum absolute atomic E-state index is 0.0158. The van der Waals surface area contributed by atoms with Gasteiger partial charge in [-0.3, -0.25) is 24.1 Å². The summed E-state index contributed by atoms with van der Waals surface area (Å²) in [6.07, 6.45) is -27.9. The van der Waals surface area contributed by atoms with Gasteiger partial charge in [-0.25, -0.2) is 4.79 Å². The minimum Gasteiger partial charge on any atom is -0.467 e. The van der Waals surface area contributed by atoms with Crippen LogP contribution in [0.5, 0.6) is 0 Å². The van der Waals surface area contributed by atoms with Crippen LogP contribution in [0.2, 0.25) is 25.7 Å². The number of hydrogen-bond acceptors (Lipinski definition) is 25. The molecule has 0 spiro atoms. The van der Waals surface area contributed by atoms with E-state index in [0.29, 0.717) is 11.6 Å². The molecule has 0 aliphatic carbocycles. The topological polar surface area (TPSA) is 273 Å². The van der Waals surface area contributed by atoms with Crippen LogP contribution in [0.25, 0.3) is 0 Å². The van der Waals surface area contributed by atoms with E-state index in [1.54, 1.807) is 38.1 Å². The maximum atomic E-state index is 15.6. The molecule has 128 heavy (non-hydrogen) atoms. The van der Waals surface area contributed by atoms with E-state index >= 15 is 9.59 Å². The number of amides is 2. The molecule has 26 nitrogen and oxygen atoms in total. The quantitative estimate of drug-likeness (QED) is 0.0149. The first-order valence-corrected chi connectivity index (χ1v) is 47.4. The van der Waals surface area contributed by atoms with Crippen molar-refractivity contribution in [2.24, 2.45) is 0 Å². The van der Waals surface area contributed by atoms with Crippen molar-refractivity contribution in [3.05, 3.63) is 323 Å². The normalized spacial score (nSPS) is 26.7. The monoisotopic (exact) mass is 1770 g/mol. The third kappa shape index (κ3) is 25.6. The zero-order chi connectivity index (χ0) is 89.3. The number of hydrogen-bond donors (Lipinski definition) is 0. The summed E-state index contributed by atoms with van der Waals surface area (Å²) < 4.78 is 141. The molecule has 5 heterocycles. The van der Waals surface area contributed by atoms with E-state index in [9.17, 15) is 14.4 Å². The third-order valence-corrected chi connectivity index (χ3v) is 24.5. The van der Waals surface area contributed by atoms with E-state index in [2.05, 4.69) is 19.6 Å². The van der Waals surface area contributed by atoms with Crippen molar-refractivity contribution in [3.8, 4) is 0 Å². The van der Waals surface area contributed by atoms with Crippen LogP contribution in [-0.2, 0) is 162 Å². The predicted molar refractivity (Wildman–Crippen MR) is 471 cm³/mol. The van der Waals surface area contributed by atoms with Crippen LogP contribution in [0, 0.1) is 0 Å². The zero-order valence-electron chi connectivity index (χ0n) is 73.4. The molecule has 0 saturated carbocycles. The van der Waals surface area contributed by atoms with Gasteiger partial charge in [0.25, 0.3) is 11.8 Å². The molecule has 0 unspecified atom stereocenters. The lowest BCUT2D eigenvalue weighted by molar-refractivity contribution is -0.395. The number of carbonyl (C=O) groups excluding carboxylic acids is 5. The van der Waals surface area contributed by atoms with Gasteiger partial charge in [0.2, 0.25) is 0 Å². The fourth-order valence-electron chi connectivity index (χ4n) is 16.3. The first-order chi connectivity index (χ1) is 62.3. The van der Waals surface area contributed by atoms with Crippen molar-refractivity contribution in [1.29, 1.82) is 0 Å². The average molecular weight is 1770 g/mol. The van der Waals surface area contributed by atoms with E-state index < -0.39 is 167 Å². The molecule has 5 aliphatic heterocycles. The van der Waals surface area contributed by atoms with Crippen molar-refractivity contribution >= 4 is 37.8 Å². The Balaban J connectivity index is 0.922. The van der Waals surface area contributed by atoms with Gasteiger partial charge in [0, 0.05) is 28.5 Å². The molecule has 4 saturated heterocycles. The molecule has 0 bridgehead atoms. The maximum absolute atomic E-state index is 15.6. The van der Waals surface area contributed by atoms with Crippen molar-refractivity contribution in [2.75, 3.05) is 33.5 Å². The molecule has 5 aliphatic rings. The first-order valence-electron chi connectivity index (χ1n) is 43.7. The summed E-state index contributed by atoms with van der Waals surface area (Å²) in [5, 5.41) is 0. The lowest BCUT2D eigenvalue weighted by Gasteiger charge is -2.52. The minimum atomic E-state index is -1.91. The standard InChI is InChI=1S/C101H115NO25Si/c1-66-84(113-58-73-41-23-12-24-42-73)90(118-67(2)97(107)108-5)92(117-62-77-49-31-16-32-50-77)99(119-66)127-91-86(115-60-75-45-27-14-28-46-75)81(64-110-56-71-37-19-10-20-38-71)123-101(94(91)121-69(4)104)125-87-82(65-111-57-72-39-21-11-22-40-72)124-100(93(120-68(3)103)89(87)116-61-76-47-29-15-30-48-76)126-88-83(102-95(105)78-51-33-34-52-79(78)96(102)106)98(112-53-54-128(6,7)8)122-80(63-109-55-70-35-17-9-18-36-70)85(88)114-59-74-43-25-13-26-44-74/h9-52,66-67,80-94,98-101H,53-65H2,1-8H3/t66-,67+,80+,81+,82+,83+,84-,85+,86+,87+,88+,89-,90+,91-,92+,93-,94-,98+,99-,100+,101+/m0/s1. The number of ether oxygens (including phenoxy) is 20. The van der Waals surface area contributed by atoms with Crippen molar-refractivity contribution in [2.45, 2.75) is 235 Å². The Morgan fingerprint density at radius 1 is 0.352 bits per heavy atom. The van der Waals surface area contributed by atoms with Gasteiger partial charge in [-0.15, -0.1) is 0 Å². The number of methoxy groups -OCH3 is 1. The number of carbonyl (C=O) groups is 5. The van der Waals surface area contributed by atoms with E-state index in [1.807, 2.05) is 243 Å². The summed E-state index contributed by atoms with van der Waals surface area (Å²) in [7, 11) is -0.639. The van der Waals surface area contributed by atoms with E-state index in [1.165, 1.54) is 21.0 Å². The highest BCUT2D eigenvalue weighted by Gasteiger charge is 2.62. The Hall–Kier alpha value is -9.93. The van der Waals surface area contributed by atoms with Gasteiger partial charge < -0.3 is 94.7 Å². The molecule has 2 amide bonds. The predicted octanol–water partition coefficient (Wildman–Crippen LogP) is 14.5. The van der Waals surface area contributed by atoms with Crippen LogP contribution >= 0.6 is 0 Å². The Morgan fingerprint density at radius 3 is 1.05 bits per heavy atom. The molecule has 14 rings (SSSR count). The molecular formula is C101H115NO25Si. The molecular weight excluding hydrogens is 1660 g/mol. The van der Waals surface area contributed by atoms with Crippen LogP contribution in [0.1, 0.15) is 92.9 Å². The van der Waals surface area contributed by atoms with E-state index in [4.69, 9.17) is 94.7 Å². The van der Waals surface area contributed by atoms with Gasteiger partial charge >= 0.3 is 17.9 Å². The second-order valence-corrected chi connectivity index (χ2v) is 39.2. The molecule has 4 fully saturated rings. The second-order valence-electron chi connectivity index (χ2n) is 33.6. The summed E-state index contributed by atoms with van der Waals surface area (Å²) in [5.74, 6) is -3.65. The van der Waals surface area contributed by atoms with Gasteiger partial charge in [-0.1, -0.05) is 274 Å². The molecule has 9 aromatic rings. The Kier molecular flexibility index (Phi) is 34.3. The zero-order valence-corrected chi connectivity index (χ0v) is 74.4. The van der Waals surface area contributed by atoms with Gasteiger partial charge in [-0.2, -0.15) is 0 Å². The van der Waals surface area contributed by atoms with Crippen LogP contribution in [0.4, 0.5) is 0 Å². The summed E-state index contributed by atoms with van der Waals surface area (Å²) in [4.78, 5) is 75.4. The van der Waals surface area contributed by atoms with E-state index in [-0.39, 0.29) is 90.4 Å². The Bertz CT molecular complexity index is 4870. The second kappa shape index (κ2) is 46.5. The number of esters is 3. The van der Waals surface area contributed by atoms with Crippen LogP contribution in [0.15, 0.2) is 267 Å². The van der Waals surface area contributed by atoms with Gasteiger partial charge in [0.1, 0.15) is 79.3 Å². The van der Waals surface area contributed by atoms with Gasteiger partial charge in [-0.05, 0) is 76.5 Å². The maximum Gasteiger partial charge on any atom is 0.334 e. The molecule has 27 heteroatoms. The highest BCUT2D eigenvalue weighted by Crippen LogP contribution is 2.43. The van der Waals surface area contributed by atoms with Gasteiger partial charge in [0.15, 0.2) is 43.5 Å². The number of rotatable bonds is 43. The van der Waals surface area contributed by atoms with Crippen LogP contribution in [-0.4, -0.2) is 205 Å². The largest absolute Gasteiger partial charge is 0.467 e. The summed E-state index contributed by atoms with van der Waals surface area (Å²) in [6, 6.07) is 81.5. The lowest BCUT2D eigenvalue weighted by Crippen LogP contribution is -2.70. The lowest BCUT2D eigenvalue weighted by atomic mass is 9.93. The van der Waals surface area contributed by atoms with Crippen molar-refractivity contribution in [3.63, 3.8) is 0 Å². The van der Waals surface area contributed by atoms with Crippen molar-refractivity contribution < 1.29 is 119 Å². The van der Waals surface area contributed by atoms with Crippen LogP contribution in [0.3, 0.4) is 0 Å². The van der Waals surface area contributed by atoms with Crippen LogP contribution < -0.4 is 0 Å². The summed E-state index contributed by atoms with van der Waals surface area (Å²) in [5.41, 5.74) is 6.51. The van der Waals surface area contributed by atoms with Crippen molar-refractivity contribution in [1.82, 2.24) is 4.90 Å².